The number of nitrogens with two attached hydrogens (primary N) is 1. The van der Waals surface area contributed by atoms with E-state index in [0.717, 1.165) is 18.9 Å². The number of piperidine rings is 1. The minimum absolute atomic E-state index is 0.145. The van der Waals surface area contributed by atoms with Crippen LogP contribution >= 0.6 is 0 Å². The van der Waals surface area contributed by atoms with E-state index in [2.05, 4.69) is 17.3 Å². The highest BCUT2D eigenvalue weighted by atomic mass is 16.1. The topological polar surface area (TPSA) is 58.4 Å². The molecule has 1 amide bonds. The number of hydrogen-bond acceptors (Lipinski definition) is 3. The van der Waals surface area contributed by atoms with E-state index in [9.17, 15) is 4.79 Å². The molecule has 0 radical (unpaired) electrons. The lowest BCUT2D eigenvalue weighted by Gasteiger charge is -2.29. The highest BCUT2D eigenvalue weighted by Crippen LogP contribution is 2.17. The molecule has 0 aliphatic carbocycles. The normalized spacial score (nSPS) is 23.4. The molecule has 0 saturated carbocycles. The number of nitrogens with one attached hydrogen (secondary N) is 1. The maximum atomic E-state index is 11.5. The lowest BCUT2D eigenvalue weighted by atomic mass is 9.95. The summed E-state index contributed by atoms with van der Waals surface area (Å²) in [7, 11) is 2.17. The molecule has 17 heavy (non-hydrogen) atoms. The average Bonchev–Trinajstić information content (AvgIpc) is 2.29. The molecular weight excluding hydrogens is 214 g/mol. The van der Waals surface area contributed by atoms with E-state index in [-0.39, 0.29) is 11.8 Å². The molecule has 1 heterocycles. The molecule has 1 aliphatic heterocycles. The molecule has 1 aliphatic rings. The summed E-state index contributed by atoms with van der Waals surface area (Å²) in [5.74, 6) is 1.18. The summed E-state index contributed by atoms with van der Waals surface area (Å²) in [6.07, 6.45) is 4.26. The molecular formula is C13H27N3O. The first-order chi connectivity index (χ1) is 8.11. The van der Waals surface area contributed by atoms with E-state index in [0.29, 0.717) is 13.0 Å². The van der Waals surface area contributed by atoms with Crippen LogP contribution in [0.2, 0.25) is 0 Å². The minimum atomic E-state index is 0.145. The standard InChI is InChI=1S/C13H27N3O/c1-11(9-14)8-13(17)15-6-5-12-4-3-7-16(2)10-12/h11-12H,3-10,14H2,1-2H3,(H,15,17). The molecule has 0 aromatic heterocycles. The summed E-state index contributed by atoms with van der Waals surface area (Å²) in [6, 6.07) is 0. The summed E-state index contributed by atoms with van der Waals surface area (Å²) in [4.78, 5) is 13.9. The number of carbonyl (C=O) groups excluding carboxylic acids is 1. The Labute approximate surface area is 105 Å². The van der Waals surface area contributed by atoms with Crippen molar-refractivity contribution in [3.63, 3.8) is 0 Å². The van der Waals surface area contributed by atoms with Crippen molar-refractivity contribution in [3.05, 3.63) is 0 Å². The predicted molar refractivity (Wildman–Crippen MR) is 70.7 cm³/mol. The van der Waals surface area contributed by atoms with E-state index in [1.807, 2.05) is 6.92 Å². The smallest absolute Gasteiger partial charge is 0.220 e. The average molecular weight is 241 g/mol. The van der Waals surface area contributed by atoms with Crippen LogP contribution in [0.1, 0.15) is 32.6 Å². The van der Waals surface area contributed by atoms with Crippen LogP contribution in [0.25, 0.3) is 0 Å². The van der Waals surface area contributed by atoms with Gasteiger partial charge in [0.1, 0.15) is 0 Å². The SMILES string of the molecule is CC(CN)CC(=O)NCCC1CCCN(C)C1. The number of likely N-dealkylation sites (tertiary alicyclic amines) is 1. The minimum Gasteiger partial charge on any atom is -0.356 e. The lowest BCUT2D eigenvalue weighted by Crippen LogP contribution is -2.35. The fraction of sp³-hybridized carbons (Fsp3) is 0.923. The predicted octanol–water partition coefficient (Wildman–Crippen LogP) is 0.819. The van der Waals surface area contributed by atoms with Crippen LogP contribution in [0.4, 0.5) is 0 Å². The monoisotopic (exact) mass is 241 g/mol. The number of rotatable bonds is 6. The highest BCUT2D eigenvalue weighted by Gasteiger charge is 2.17. The molecule has 1 fully saturated rings. The van der Waals surface area contributed by atoms with E-state index in [1.54, 1.807) is 0 Å². The fourth-order valence-electron chi connectivity index (χ4n) is 2.40. The van der Waals surface area contributed by atoms with Gasteiger partial charge in [0.2, 0.25) is 5.91 Å². The molecule has 1 saturated heterocycles. The summed E-state index contributed by atoms with van der Waals surface area (Å²) in [5.41, 5.74) is 5.50. The van der Waals surface area contributed by atoms with Crippen molar-refractivity contribution >= 4 is 5.91 Å². The number of nitrogens with zero attached hydrogens (tertiary/aromatic N) is 1. The maximum absolute atomic E-state index is 11.5. The first kappa shape index (κ1) is 14.5. The molecule has 2 unspecified atom stereocenters. The van der Waals surface area contributed by atoms with Crippen molar-refractivity contribution in [2.24, 2.45) is 17.6 Å². The van der Waals surface area contributed by atoms with E-state index >= 15 is 0 Å². The quantitative estimate of drug-likeness (QED) is 0.724. The zero-order valence-corrected chi connectivity index (χ0v) is 11.2. The van der Waals surface area contributed by atoms with Gasteiger partial charge in [0.15, 0.2) is 0 Å². The third-order valence-corrected chi connectivity index (χ3v) is 3.53. The Bertz CT molecular complexity index is 233. The summed E-state index contributed by atoms with van der Waals surface area (Å²) >= 11 is 0. The maximum Gasteiger partial charge on any atom is 0.220 e. The van der Waals surface area contributed by atoms with Gasteiger partial charge >= 0.3 is 0 Å². The van der Waals surface area contributed by atoms with Crippen LogP contribution in [-0.2, 0) is 4.79 Å². The summed E-state index contributed by atoms with van der Waals surface area (Å²) in [5, 5.41) is 3.00. The Kier molecular flexibility index (Phi) is 6.52. The Morgan fingerprint density at radius 1 is 1.59 bits per heavy atom. The Morgan fingerprint density at radius 2 is 2.35 bits per heavy atom. The van der Waals surface area contributed by atoms with Gasteiger partial charge in [0.25, 0.3) is 0 Å². The van der Waals surface area contributed by atoms with Crippen LogP contribution < -0.4 is 11.1 Å². The van der Waals surface area contributed by atoms with Crippen molar-refractivity contribution in [2.45, 2.75) is 32.6 Å². The van der Waals surface area contributed by atoms with Gasteiger partial charge in [0, 0.05) is 19.5 Å². The van der Waals surface area contributed by atoms with Gasteiger partial charge in [-0.3, -0.25) is 4.79 Å². The van der Waals surface area contributed by atoms with Crippen molar-refractivity contribution in [1.82, 2.24) is 10.2 Å². The molecule has 0 aromatic carbocycles. The second-order valence-corrected chi connectivity index (χ2v) is 5.45. The molecule has 0 spiro atoms. The van der Waals surface area contributed by atoms with Gasteiger partial charge in [-0.1, -0.05) is 6.92 Å². The van der Waals surface area contributed by atoms with Crippen LogP contribution in [0.3, 0.4) is 0 Å². The first-order valence-electron chi connectivity index (χ1n) is 6.77. The molecule has 1 rings (SSSR count). The molecule has 100 valence electrons. The molecule has 0 bridgehead atoms. The lowest BCUT2D eigenvalue weighted by molar-refractivity contribution is -0.121. The van der Waals surface area contributed by atoms with Gasteiger partial charge < -0.3 is 16.0 Å². The highest BCUT2D eigenvalue weighted by molar-refractivity contribution is 5.76. The van der Waals surface area contributed by atoms with Gasteiger partial charge in [0.05, 0.1) is 0 Å². The number of hydrogen-bond donors (Lipinski definition) is 2. The summed E-state index contributed by atoms with van der Waals surface area (Å²) in [6.45, 7) is 5.80. The molecule has 2 atom stereocenters. The van der Waals surface area contributed by atoms with Gasteiger partial charge in [-0.2, -0.15) is 0 Å². The molecule has 4 nitrogen and oxygen atoms in total. The molecule has 3 N–H and O–H groups in total. The Hall–Kier alpha value is -0.610. The van der Waals surface area contributed by atoms with E-state index in [1.165, 1.54) is 25.9 Å². The van der Waals surface area contributed by atoms with Crippen molar-refractivity contribution < 1.29 is 4.79 Å². The van der Waals surface area contributed by atoms with Crippen molar-refractivity contribution in [3.8, 4) is 0 Å². The number of amides is 1. The third kappa shape index (κ3) is 6.03. The summed E-state index contributed by atoms with van der Waals surface area (Å²) < 4.78 is 0. The Morgan fingerprint density at radius 3 is 3.00 bits per heavy atom. The Balaban J connectivity index is 2.08. The zero-order valence-electron chi connectivity index (χ0n) is 11.2. The number of carbonyl (C=O) groups is 1. The fourth-order valence-corrected chi connectivity index (χ4v) is 2.40. The van der Waals surface area contributed by atoms with Crippen molar-refractivity contribution in [2.75, 3.05) is 33.2 Å². The van der Waals surface area contributed by atoms with Crippen LogP contribution in [0, 0.1) is 11.8 Å². The van der Waals surface area contributed by atoms with E-state index < -0.39 is 0 Å². The zero-order chi connectivity index (χ0) is 12.7. The van der Waals surface area contributed by atoms with Gasteiger partial charge in [-0.05, 0) is 51.2 Å². The second kappa shape index (κ2) is 7.67. The van der Waals surface area contributed by atoms with Crippen LogP contribution in [0.5, 0.6) is 0 Å². The first-order valence-corrected chi connectivity index (χ1v) is 6.77. The van der Waals surface area contributed by atoms with Gasteiger partial charge in [-0.25, -0.2) is 0 Å². The van der Waals surface area contributed by atoms with Gasteiger partial charge in [-0.15, -0.1) is 0 Å². The van der Waals surface area contributed by atoms with Crippen LogP contribution in [-0.4, -0.2) is 44.0 Å². The third-order valence-electron chi connectivity index (χ3n) is 3.53. The van der Waals surface area contributed by atoms with Crippen LogP contribution in [0.15, 0.2) is 0 Å². The largest absolute Gasteiger partial charge is 0.356 e. The molecule has 0 aromatic rings. The second-order valence-electron chi connectivity index (χ2n) is 5.45. The van der Waals surface area contributed by atoms with Crippen molar-refractivity contribution in [1.29, 1.82) is 0 Å². The van der Waals surface area contributed by atoms with E-state index in [4.69, 9.17) is 5.73 Å². The molecule has 4 heteroatoms.